The number of nitrogens with zero attached hydrogens (tertiary/aromatic N) is 4. The summed E-state index contributed by atoms with van der Waals surface area (Å²) in [6.07, 6.45) is 7.51. The summed E-state index contributed by atoms with van der Waals surface area (Å²) in [6.45, 7) is 3.90. The molecule has 10 heteroatoms. The van der Waals surface area contributed by atoms with Crippen LogP contribution in [0.4, 0.5) is 14.6 Å². The van der Waals surface area contributed by atoms with Crippen LogP contribution in [0.5, 0.6) is 11.8 Å². The van der Waals surface area contributed by atoms with Gasteiger partial charge in [0.05, 0.1) is 16.6 Å². The fraction of sp³-hybridized carbons (Fsp3) is 0.382. The highest BCUT2D eigenvalue weighted by Gasteiger charge is 2.49. The highest BCUT2D eigenvalue weighted by molar-refractivity contribution is 7.99. The average Bonchev–Trinajstić information content (AvgIpc) is 3.44. The molecule has 7 rings (SSSR count). The summed E-state index contributed by atoms with van der Waals surface area (Å²) in [7, 11) is 0. The van der Waals surface area contributed by atoms with Gasteiger partial charge in [0.15, 0.2) is 0 Å². The summed E-state index contributed by atoms with van der Waals surface area (Å²) in [4.78, 5) is 26.8. The molecule has 1 amide bonds. The van der Waals surface area contributed by atoms with E-state index in [2.05, 4.69) is 10.8 Å². The van der Waals surface area contributed by atoms with Gasteiger partial charge in [-0.25, -0.2) is 8.78 Å². The minimum Gasteiger partial charge on any atom is -0.508 e. The number of aromatic hydroxyl groups is 1. The standard InChI is InChI=1S/C34H32F2N4O3S/c1-3-24-28(36)8-5-21-15-23(41)16-27(30(21)24)25-6-7-26-31(20(25)2)37-33(38-32(26)40-12-14-44-13-9-29(40)42)43-19-34-10-4-11-39(34)18-22(35)17-34/h1,5-8,15-16,22,41H,4,9-14,17-19H2,2H3. The molecule has 1 aromatic heterocycles. The SMILES string of the molecule is C#Cc1c(F)ccc2cc(O)cc(-c3ccc4c(N5CCSCCC5=O)nc(OCC56CCCN5CC(F)C6)nc4c3C)c12. The van der Waals surface area contributed by atoms with Gasteiger partial charge in [-0.2, -0.15) is 21.7 Å². The van der Waals surface area contributed by atoms with Gasteiger partial charge in [0, 0.05) is 48.2 Å². The third-order valence-corrected chi connectivity index (χ3v) is 10.2. The van der Waals surface area contributed by atoms with E-state index in [1.165, 1.54) is 6.07 Å². The van der Waals surface area contributed by atoms with E-state index in [-0.39, 0.29) is 35.4 Å². The fourth-order valence-corrected chi connectivity index (χ4v) is 8.02. The number of phenols is 1. The summed E-state index contributed by atoms with van der Waals surface area (Å²) in [5.74, 6) is 3.94. The molecule has 226 valence electrons. The second-order valence-electron chi connectivity index (χ2n) is 11.9. The van der Waals surface area contributed by atoms with Crippen LogP contribution >= 0.6 is 11.8 Å². The van der Waals surface area contributed by atoms with Crippen molar-refractivity contribution < 1.29 is 23.4 Å². The normalized spacial score (nSPS) is 22.4. The molecule has 4 aromatic rings. The fourth-order valence-electron chi connectivity index (χ4n) is 7.19. The lowest BCUT2D eigenvalue weighted by molar-refractivity contribution is -0.118. The van der Waals surface area contributed by atoms with E-state index in [4.69, 9.17) is 21.1 Å². The van der Waals surface area contributed by atoms with E-state index < -0.39 is 12.0 Å². The van der Waals surface area contributed by atoms with Crippen LogP contribution in [0.3, 0.4) is 0 Å². The summed E-state index contributed by atoms with van der Waals surface area (Å²) >= 11 is 1.73. The van der Waals surface area contributed by atoms with E-state index in [9.17, 15) is 18.7 Å². The third-order valence-electron chi connectivity index (χ3n) is 9.27. The summed E-state index contributed by atoms with van der Waals surface area (Å²) in [6, 6.07) is 9.88. The number of ether oxygens (including phenoxy) is 1. The first-order valence-electron chi connectivity index (χ1n) is 14.9. The van der Waals surface area contributed by atoms with E-state index in [0.29, 0.717) is 64.6 Å². The lowest BCUT2D eigenvalue weighted by Gasteiger charge is -2.31. The number of aromatic nitrogens is 2. The molecule has 0 radical (unpaired) electrons. The van der Waals surface area contributed by atoms with Crippen molar-refractivity contribution in [3.63, 3.8) is 0 Å². The van der Waals surface area contributed by atoms with Crippen molar-refractivity contribution in [2.24, 2.45) is 0 Å². The molecule has 44 heavy (non-hydrogen) atoms. The van der Waals surface area contributed by atoms with E-state index >= 15 is 0 Å². The lowest BCUT2D eigenvalue weighted by Crippen LogP contribution is -2.43. The molecule has 2 atom stereocenters. The monoisotopic (exact) mass is 614 g/mol. The molecule has 7 nitrogen and oxygen atoms in total. The molecule has 4 heterocycles. The van der Waals surface area contributed by atoms with Gasteiger partial charge in [0.25, 0.3) is 0 Å². The lowest BCUT2D eigenvalue weighted by atomic mass is 9.91. The van der Waals surface area contributed by atoms with E-state index in [1.54, 1.807) is 34.9 Å². The number of anilines is 1. The van der Waals surface area contributed by atoms with Crippen molar-refractivity contribution >= 4 is 45.2 Å². The number of hydrogen-bond acceptors (Lipinski definition) is 7. The highest BCUT2D eigenvalue weighted by atomic mass is 32.2. The maximum absolute atomic E-state index is 14.9. The van der Waals surface area contributed by atoms with Gasteiger partial charge in [0.2, 0.25) is 5.91 Å². The molecule has 3 aromatic carbocycles. The minimum atomic E-state index is -0.890. The van der Waals surface area contributed by atoms with Crippen LogP contribution in [0.15, 0.2) is 36.4 Å². The number of benzene rings is 3. The number of hydrogen-bond donors (Lipinski definition) is 1. The Balaban J connectivity index is 1.40. The number of carbonyl (C=O) groups is 1. The molecule has 0 saturated carbocycles. The molecule has 3 aliphatic rings. The number of fused-ring (bicyclic) bond motifs is 3. The van der Waals surface area contributed by atoms with Gasteiger partial charge in [0.1, 0.15) is 30.2 Å². The maximum atomic E-state index is 14.9. The first kappa shape index (κ1) is 28.8. The second kappa shape index (κ2) is 11.2. The van der Waals surface area contributed by atoms with Crippen molar-refractivity contribution in [2.75, 3.05) is 42.6 Å². The number of alkyl halides is 1. The molecule has 1 N–H and O–H groups in total. The van der Waals surface area contributed by atoms with Crippen LogP contribution in [-0.4, -0.2) is 75.3 Å². The Kier molecular flexibility index (Phi) is 7.34. The van der Waals surface area contributed by atoms with Crippen LogP contribution in [0.2, 0.25) is 0 Å². The number of phenolic OH excluding ortho intramolecular Hbond substituents is 1. The summed E-state index contributed by atoms with van der Waals surface area (Å²) in [5, 5.41) is 12.4. The smallest absolute Gasteiger partial charge is 0.319 e. The molecule has 3 saturated heterocycles. The molecule has 0 aliphatic carbocycles. The van der Waals surface area contributed by atoms with Gasteiger partial charge in [-0.1, -0.05) is 18.1 Å². The Morgan fingerprint density at radius 3 is 2.89 bits per heavy atom. The van der Waals surface area contributed by atoms with E-state index in [1.807, 2.05) is 19.1 Å². The van der Waals surface area contributed by atoms with Crippen molar-refractivity contribution in [3.05, 3.63) is 53.3 Å². The second-order valence-corrected chi connectivity index (χ2v) is 13.1. The van der Waals surface area contributed by atoms with Gasteiger partial charge in [-0.05, 0) is 72.7 Å². The number of rotatable bonds is 5. The maximum Gasteiger partial charge on any atom is 0.319 e. The number of amides is 1. The van der Waals surface area contributed by atoms with Gasteiger partial charge >= 0.3 is 6.01 Å². The molecule has 0 spiro atoms. The quantitative estimate of drug-likeness (QED) is 0.276. The summed E-state index contributed by atoms with van der Waals surface area (Å²) in [5.41, 5.74) is 2.29. The highest BCUT2D eigenvalue weighted by Crippen LogP contribution is 2.42. The Hall–Kier alpha value is -3.94. The molecular weight excluding hydrogens is 582 g/mol. The Morgan fingerprint density at radius 2 is 2.05 bits per heavy atom. The number of terminal acetylenes is 1. The van der Waals surface area contributed by atoms with Crippen molar-refractivity contribution in [1.29, 1.82) is 0 Å². The zero-order valence-corrected chi connectivity index (χ0v) is 25.2. The predicted octanol–water partition coefficient (Wildman–Crippen LogP) is 6.01. The third kappa shape index (κ3) is 4.83. The number of carbonyl (C=O) groups excluding carboxylic acids is 1. The molecule has 3 aliphatic heterocycles. The average molecular weight is 615 g/mol. The first-order chi connectivity index (χ1) is 21.3. The number of aryl methyl sites for hydroxylation is 1. The first-order valence-corrected chi connectivity index (χ1v) is 16.1. The molecular formula is C34H32F2N4O3S. The molecule has 3 fully saturated rings. The molecule has 2 unspecified atom stereocenters. The van der Waals surface area contributed by atoms with Crippen molar-refractivity contribution in [2.45, 2.75) is 44.3 Å². The van der Waals surface area contributed by atoms with Gasteiger partial charge in [-0.15, -0.1) is 6.42 Å². The number of thioether (sulfide) groups is 1. The predicted molar refractivity (Wildman–Crippen MR) is 170 cm³/mol. The minimum absolute atomic E-state index is 0.0183. The Bertz CT molecular complexity index is 1860. The Labute approximate surface area is 258 Å². The van der Waals surface area contributed by atoms with Crippen LogP contribution in [-0.2, 0) is 4.79 Å². The van der Waals surface area contributed by atoms with Gasteiger partial charge in [-0.3, -0.25) is 14.6 Å². The number of halogens is 2. The summed E-state index contributed by atoms with van der Waals surface area (Å²) < 4.78 is 35.6. The zero-order chi connectivity index (χ0) is 30.6. The van der Waals surface area contributed by atoms with E-state index in [0.717, 1.165) is 36.5 Å². The van der Waals surface area contributed by atoms with Crippen LogP contribution in [0.1, 0.15) is 36.8 Å². The van der Waals surface area contributed by atoms with Crippen LogP contribution in [0, 0.1) is 25.1 Å². The van der Waals surface area contributed by atoms with Crippen LogP contribution in [0.25, 0.3) is 32.8 Å². The van der Waals surface area contributed by atoms with Gasteiger partial charge < -0.3 is 9.84 Å². The Morgan fingerprint density at radius 1 is 1.18 bits per heavy atom. The zero-order valence-electron chi connectivity index (χ0n) is 24.4. The van der Waals surface area contributed by atoms with Crippen LogP contribution < -0.4 is 9.64 Å². The topological polar surface area (TPSA) is 78.8 Å². The largest absolute Gasteiger partial charge is 0.508 e. The van der Waals surface area contributed by atoms with Crippen molar-refractivity contribution in [1.82, 2.24) is 14.9 Å². The molecule has 0 bridgehead atoms. The van der Waals surface area contributed by atoms with Crippen molar-refractivity contribution in [3.8, 4) is 35.2 Å².